The average Bonchev–Trinajstić information content (AvgIpc) is 3.03. The number of likely N-dealkylation sites (tertiary alicyclic amines) is 1. The van der Waals surface area contributed by atoms with Gasteiger partial charge in [-0.3, -0.25) is 9.80 Å². The molecule has 1 fully saturated rings. The summed E-state index contributed by atoms with van der Waals surface area (Å²) in [4.78, 5) is 37.9. The smallest absolute Gasteiger partial charge is 0.335 e. The van der Waals surface area contributed by atoms with E-state index < -0.39 is 29.4 Å². The van der Waals surface area contributed by atoms with Gasteiger partial charge in [-0.25, -0.2) is 15.4 Å². The molecule has 0 bridgehead atoms. The molecule has 1 rings (SSSR count). The Morgan fingerprint density at radius 1 is 1.08 bits per heavy atom. The summed E-state index contributed by atoms with van der Waals surface area (Å²) in [6, 6.07) is -0.660. The summed E-state index contributed by atoms with van der Waals surface area (Å²) < 4.78 is 0. The van der Waals surface area contributed by atoms with Crippen molar-refractivity contribution in [1.29, 1.82) is 0 Å². The number of carboxylic acid groups (broad SMARTS) is 2. The Labute approximate surface area is 153 Å². The average molecular weight is 373 g/mol. The standard InChI is InChI=1S/C16H31N5O5/c17-8-2-1-6-12(13(22)23)16(14(24)25)7-5-10-20(16)15(26)21(19)11-4-3-9-18/h12H,1-11,17-19H2,(H,22,23)(H,24,25)/t12?,16-/m1/s1. The monoisotopic (exact) mass is 373 g/mol. The van der Waals surface area contributed by atoms with Gasteiger partial charge in [0.1, 0.15) is 0 Å². The van der Waals surface area contributed by atoms with Crippen LogP contribution in [-0.2, 0) is 9.59 Å². The van der Waals surface area contributed by atoms with Crippen molar-refractivity contribution in [1.82, 2.24) is 9.91 Å². The highest BCUT2D eigenvalue weighted by molar-refractivity contribution is 5.92. The number of carbonyl (C=O) groups excluding carboxylic acids is 1. The molecule has 1 unspecified atom stereocenters. The number of aliphatic carboxylic acids is 2. The second-order valence-corrected chi connectivity index (χ2v) is 6.63. The second-order valence-electron chi connectivity index (χ2n) is 6.63. The lowest BCUT2D eigenvalue weighted by atomic mass is 9.78. The fourth-order valence-corrected chi connectivity index (χ4v) is 3.58. The van der Waals surface area contributed by atoms with Crippen molar-refractivity contribution in [3.05, 3.63) is 0 Å². The molecule has 1 aliphatic rings. The third-order valence-electron chi connectivity index (χ3n) is 4.94. The molecule has 0 spiro atoms. The van der Waals surface area contributed by atoms with Crippen LogP contribution < -0.4 is 17.3 Å². The van der Waals surface area contributed by atoms with Crippen molar-refractivity contribution in [2.45, 2.75) is 50.5 Å². The van der Waals surface area contributed by atoms with E-state index in [9.17, 15) is 24.6 Å². The number of nitrogens with two attached hydrogens (primary N) is 3. The molecule has 26 heavy (non-hydrogen) atoms. The molecule has 0 saturated carbocycles. The van der Waals surface area contributed by atoms with Crippen molar-refractivity contribution >= 4 is 18.0 Å². The summed E-state index contributed by atoms with van der Waals surface area (Å²) in [5.41, 5.74) is 9.08. The van der Waals surface area contributed by atoms with Crippen LogP contribution in [0.5, 0.6) is 0 Å². The Morgan fingerprint density at radius 2 is 1.69 bits per heavy atom. The zero-order chi connectivity index (χ0) is 19.7. The minimum absolute atomic E-state index is 0.0876. The summed E-state index contributed by atoms with van der Waals surface area (Å²) in [7, 11) is 0. The molecule has 0 aromatic carbocycles. The van der Waals surface area contributed by atoms with Gasteiger partial charge in [0.15, 0.2) is 5.54 Å². The molecule has 10 heteroatoms. The molecule has 1 heterocycles. The molecule has 1 saturated heterocycles. The zero-order valence-corrected chi connectivity index (χ0v) is 15.1. The van der Waals surface area contributed by atoms with Crippen LogP contribution in [-0.4, -0.2) is 69.8 Å². The molecule has 0 radical (unpaired) electrons. The van der Waals surface area contributed by atoms with Crippen molar-refractivity contribution in [2.24, 2.45) is 23.2 Å². The number of nitrogens with zero attached hydrogens (tertiary/aromatic N) is 2. The Hall–Kier alpha value is -1.91. The molecule has 2 atom stereocenters. The Kier molecular flexibility index (Phi) is 8.76. The topological polar surface area (TPSA) is 176 Å². The maximum Gasteiger partial charge on any atom is 0.335 e. The van der Waals surface area contributed by atoms with Gasteiger partial charge in [0, 0.05) is 13.1 Å². The van der Waals surface area contributed by atoms with Gasteiger partial charge in [0.2, 0.25) is 0 Å². The van der Waals surface area contributed by atoms with Crippen molar-refractivity contribution in [3.63, 3.8) is 0 Å². The van der Waals surface area contributed by atoms with Crippen LogP contribution in [0.1, 0.15) is 44.9 Å². The quantitative estimate of drug-likeness (QED) is 0.143. The predicted molar refractivity (Wildman–Crippen MR) is 94.9 cm³/mol. The van der Waals surface area contributed by atoms with Crippen LogP contribution in [0.2, 0.25) is 0 Å². The number of unbranched alkanes of at least 4 members (excludes halogenated alkanes) is 2. The maximum absolute atomic E-state index is 12.7. The molecule has 8 N–H and O–H groups in total. The number of urea groups is 1. The number of amides is 2. The number of hydrazine groups is 1. The summed E-state index contributed by atoms with van der Waals surface area (Å²) >= 11 is 0. The van der Waals surface area contributed by atoms with E-state index in [0.29, 0.717) is 45.2 Å². The minimum atomic E-state index is -1.79. The van der Waals surface area contributed by atoms with Gasteiger partial charge >= 0.3 is 18.0 Å². The van der Waals surface area contributed by atoms with Crippen molar-refractivity contribution in [2.75, 3.05) is 26.2 Å². The molecule has 150 valence electrons. The summed E-state index contributed by atoms with van der Waals surface area (Å²) in [6.07, 6.45) is 2.98. The summed E-state index contributed by atoms with van der Waals surface area (Å²) in [5.74, 6) is 2.06. The molecule has 0 aromatic rings. The molecule has 1 aliphatic heterocycles. The van der Waals surface area contributed by atoms with Gasteiger partial charge < -0.3 is 26.6 Å². The minimum Gasteiger partial charge on any atom is -0.481 e. The summed E-state index contributed by atoms with van der Waals surface area (Å²) in [6.45, 7) is 1.25. The SMILES string of the molecule is NCCCCC(C(=O)O)[C@@]1(C(=O)O)CCCN1C(=O)N(N)CCCCN. The van der Waals surface area contributed by atoms with Crippen molar-refractivity contribution < 1.29 is 24.6 Å². The van der Waals surface area contributed by atoms with Gasteiger partial charge in [-0.15, -0.1) is 0 Å². The molecule has 2 amide bonds. The lowest BCUT2D eigenvalue weighted by Gasteiger charge is -2.40. The predicted octanol–water partition coefficient (Wildman–Crippen LogP) is -0.230. The van der Waals surface area contributed by atoms with E-state index in [1.165, 1.54) is 0 Å². The normalized spacial score (nSPS) is 20.8. The maximum atomic E-state index is 12.7. The second kappa shape index (κ2) is 10.3. The van der Waals surface area contributed by atoms with Crippen LogP contribution in [0.25, 0.3) is 0 Å². The number of carboxylic acids is 2. The molecule has 10 nitrogen and oxygen atoms in total. The lowest BCUT2D eigenvalue weighted by Crippen LogP contribution is -2.63. The zero-order valence-electron chi connectivity index (χ0n) is 15.1. The van der Waals surface area contributed by atoms with E-state index in [-0.39, 0.29) is 25.9 Å². The first kappa shape index (κ1) is 22.1. The van der Waals surface area contributed by atoms with E-state index in [4.69, 9.17) is 17.3 Å². The fraction of sp³-hybridized carbons (Fsp3) is 0.812. The first-order valence-electron chi connectivity index (χ1n) is 9.03. The van der Waals surface area contributed by atoms with Gasteiger partial charge in [-0.1, -0.05) is 6.42 Å². The lowest BCUT2D eigenvalue weighted by molar-refractivity contribution is -0.162. The van der Waals surface area contributed by atoms with Gasteiger partial charge in [-0.2, -0.15) is 0 Å². The third-order valence-corrected chi connectivity index (χ3v) is 4.94. The first-order chi connectivity index (χ1) is 12.3. The third kappa shape index (κ3) is 4.83. The highest BCUT2D eigenvalue weighted by Gasteiger charge is 2.58. The number of carbonyl (C=O) groups is 3. The van der Waals surface area contributed by atoms with E-state index >= 15 is 0 Å². The Morgan fingerprint density at radius 3 is 2.23 bits per heavy atom. The molecule has 0 aromatic heterocycles. The van der Waals surface area contributed by atoms with E-state index in [1.807, 2.05) is 0 Å². The van der Waals surface area contributed by atoms with Crippen LogP contribution >= 0.6 is 0 Å². The highest BCUT2D eigenvalue weighted by Crippen LogP contribution is 2.39. The van der Waals surface area contributed by atoms with E-state index in [2.05, 4.69) is 0 Å². The fourth-order valence-electron chi connectivity index (χ4n) is 3.58. The number of hydrogen-bond donors (Lipinski definition) is 5. The van der Waals surface area contributed by atoms with Crippen LogP contribution in [0, 0.1) is 5.92 Å². The van der Waals surface area contributed by atoms with Crippen LogP contribution in [0.15, 0.2) is 0 Å². The Bertz CT molecular complexity index is 503. The number of rotatable bonds is 11. The van der Waals surface area contributed by atoms with E-state index in [1.54, 1.807) is 0 Å². The van der Waals surface area contributed by atoms with E-state index in [0.717, 1.165) is 9.91 Å². The first-order valence-corrected chi connectivity index (χ1v) is 9.03. The molecular weight excluding hydrogens is 342 g/mol. The molecule has 0 aliphatic carbocycles. The largest absolute Gasteiger partial charge is 0.481 e. The molecular formula is C16H31N5O5. The van der Waals surface area contributed by atoms with Gasteiger partial charge in [-0.05, 0) is 51.6 Å². The van der Waals surface area contributed by atoms with Gasteiger partial charge in [0.25, 0.3) is 0 Å². The highest BCUT2D eigenvalue weighted by atomic mass is 16.4. The number of hydrogen-bond acceptors (Lipinski definition) is 6. The Balaban J connectivity index is 3.06. The van der Waals surface area contributed by atoms with Crippen LogP contribution in [0.4, 0.5) is 4.79 Å². The van der Waals surface area contributed by atoms with Gasteiger partial charge in [0.05, 0.1) is 5.92 Å². The van der Waals surface area contributed by atoms with Crippen molar-refractivity contribution in [3.8, 4) is 0 Å². The summed E-state index contributed by atoms with van der Waals surface area (Å²) in [5, 5.41) is 20.5. The van der Waals surface area contributed by atoms with Crippen LogP contribution in [0.3, 0.4) is 0 Å².